The third kappa shape index (κ3) is 2.45. The summed E-state index contributed by atoms with van der Waals surface area (Å²) in [6.45, 7) is 2.02. The molecule has 0 N–H and O–H groups in total. The van der Waals surface area contributed by atoms with E-state index in [0.29, 0.717) is 18.6 Å². The van der Waals surface area contributed by atoms with Crippen molar-refractivity contribution in [3.8, 4) is 0 Å². The number of benzene rings is 1. The molecule has 3 nitrogen and oxygen atoms in total. The zero-order valence-electron chi connectivity index (χ0n) is 10.7. The molecule has 0 atom stereocenters. The second-order valence-corrected chi connectivity index (χ2v) is 4.65. The van der Waals surface area contributed by atoms with Crippen LogP contribution in [0.4, 0.5) is 0 Å². The Balaban J connectivity index is 1.77. The fraction of sp³-hybridized carbons (Fsp3) is 0.188. The monoisotopic (exact) mass is 254 g/mol. The summed E-state index contributed by atoms with van der Waals surface area (Å²) in [5.41, 5.74) is 1.91. The number of Topliss-reactive ketones (excluding diaryl/α,β-unsaturated/α-hetero) is 1. The normalized spacial score (nSPS) is 11.0. The fourth-order valence-corrected chi connectivity index (χ4v) is 2.11. The van der Waals surface area contributed by atoms with Crippen LogP contribution < -0.4 is 0 Å². The summed E-state index contributed by atoms with van der Waals surface area (Å²) in [7, 11) is 0. The Kier molecular flexibility index (Phi) is 2.95. The van der Waals surface area contributed by atoms with Crippen molar-refractivity contribution < 1.29 is 13.6 Å². The van der Waals surface area contributed by atoms with Crippen LogP contribution in [0.2, 0.25) is 0 Å². The molecule has 0 saturated heterocycles. The van der Waals surface area contributed by atoms with Gasteiger partial charge in [0.05, 0.1) is 6.26 Å². The van der Waals surface area contributed by atoms with Gasteiger partial charge in [0.2, 0.25) is 0 Å². The largest absolute Gasteiger partial charge is 0.469 e. The molecular weight excluding hydrogens is 240 g/mol. The maximum absolute atomic E-state index is 12.1. The fourth-order valence-electron chi connectivity index (χ4n) is 2.11. The highest BCUT2D eigenvalue weighted by Gasteiger charge is 2.13. The lowest BCUT2D eigenvalue weighted by Gasteiger charge is -1.95. The Morgan fingerprint density at radius 3 is 2.89 bits per heavy atom. The van der Waals surface area contributed by atoms with Gasteiger partial charge in [-0.25, -0.2) is 0 Å². The number of hydrogen-bond acceptors (Lipinski definition) is 3. The minimum atomic E-state index is 0.00486. The highest BCUT2D eigenvalue weighted by atomic mass is 16.3. The first-order valence-corrected chi connectivity index (χ1v) is 6.28. The number of carbonyl (C=O) groups is 1. The predicted molar refractivity (Wildman–Crippen MR) is 72.3 cm³/mol. The van der Waals surface area contributed by atoms with E-state index in [1.165, 1.54) is 0 Å². The van der Waals surface area contributed by atoms with Crippen LogP contribution >= 0.6 is 0 Å². The van der Waals surface area contributed by atoms with E-state index in [-0.39, 0.29) is 5.78 Å². The van der Waals surface area contributed by atoms with Gasteiger partial charge in [0.1, 0.15) is 11.3 Å². The third-order valence-electron chi connectivity index (χ3n) is 3.13. The van der Waals surface area contributed by atoms with Gasteiger partial charge in [0, 0.05) is 18.2 Å². The van der Waals surface area contributed by atoms with Crippen LogP contribution in [0.5, 0.6) is 0 Å². The molecule has 0 aliphatic heterocycles. The van der Waals surface area contributed by atoms with Crippen LogP contribution in [0, 0.1) is 6.92 Å². The summed E-state index contributed by atoms with van der Waals surface area (Å²) in [5, 5.41) is 0.973. The summed E-state index contributed by atoms with van der Waals surface area (Å²) in [6, 6.07) is 11.4. The van der Waals surface area contributed by atoms with Crippen molar-refractivity contribution >= 4 is 16.8 Å². The van der Waals surface area contributed by atoms with Crippen molar-refractivity contribution in [3.63, 3.8) is 0 Å². The summed E-state index contributed by atoms with van der Waals surface area (Å²) in [6.07, 6.45) is 2.61. The number of aryl methyl sites for hydroxylation is 2. The summed E-state index contributed by atoms with van der Waals surface area (Å²) in [5.74, 6) is 1.25. The van der Waals surface area contributed by atoms with Crippen molar-refractivity contribution in [2.24, 2.45) is 0 Å². The average molecular weight is 254 g/mol. The van der Waals surface area contributed by atoms with E-state index in [9.17, 15) is 4.79 Å². The zero-order valence-corrected chi connectivity index (χ0v) is 10.7. The van der Waals surface area contributed by atoms with Gasteiger partial charge in [0.25, 0.3) is 0 Å². The molecule has 2 heterocycles. The highest BCUT2D eigenvalue weighted by molar-refractivity contribution is 5.97. The number of ketones is 1. The molecule has 0 saturated carbocycles. The topological polar surface area (TPSA) is 43.4 Å². The van der Waals surface area contributed by atoms with Gasteiger partial charge in [-0.15, -0.1) is 0 Å². The predicted octanol–water partition coefficient (Wildman–Crippen LogP) is 4.15. The maximum atomic E-state index is 12.1. The molecular formula is C16H14O3. The number of carbonyl (C=O) groups excluding carboxylic acids is 1. The maximum Gasteiger partial charge on any atom is 0.198 e. The molecule has 0 fully saturated rings. The van der Waals surface area contributed by atoms with Crippen LogP contribution in [-0.4, -0.2) is 5.78 Å². The van der Waals surface area contributed by atoms with Crippen molar-refractivity contribution in [2.45, 2.75) is 19.8 Å². The Labute approximate surface area is 110 Å². The van der Waals surface area contributed by atoms with Crippen molar-refractivity contribution in [1.82, 2.24) is 0 Å². The average Bonchev–Trinajstić information content (AvgIpc) is 3.04. The van der Waals surface area contributed by atoms with Gasteiger partial charge in [0.15, 0.2) is 11.5 Å². The molecule has 0 bridgehead atoms. The number of hydrogen-bond donors (Lipinski definition) is 0. The van der Waals surface area contributed by atoms with Crippen LogP contribution in [0.1, 0.15) is 28.3 Å². The minimum Gasteiger partial charge on any atom is -0.469 e. The second kappa shape index (κ2) is 4.76. The SMILES string of the molecule is Cc1ccc2oc(C(=O)CCc3ccco3)cc2c1. The van der Waals surface area contributed by atoms with Crippen LogP contribution in [0.25, 0.3) is 11.0 Å². The summed E-state index contributed by atoms with van der Waals surface area (Å²) >= 11 is 0. The quantitative estimate of drug-likeness (QED) is 0.657. The molecule has 0 spiro atoms. The Bertz CT molecular complexity index is 705. The van der Waals surface area contributed by atoms with Gasteiger partial charge in [-0.3, -0.25) is 4.79 Å². The van der Waals surface area contributed by atoms with Gasteiger partial charge < -0.3 is 8.83 Å². The Hall–Kier alpha value is -2.29. The lowest BCUT2D eigenvalue weighted by molar-refractivity contribution is 0.0956. The summed E-state index contributed by atoms with van der Waals surface area (Å²) < 4.78 is 10.8. The first kappa shape index (κ1) is 11.8. The van der Waals surface area contributed by atoms with Gasteiger partial charge >= 0.3 is 0 Å². The molecule has 1 aromatic carbocycles. The lowest BCUT2D eigenvalue weighted by Crippen LogP contribution is -1.98. The van der Waals surface area contributed by atoms with Crippen LogP contribution in [-0.2, 0) is 6.42 Å². The van der Waals surface area contributed by atoms with E-state index in [2.05, 4.69) is 0 Å². The van der Waals surface area contributed by atoms with E-state index in [0.717, 1.165) is 22.3 Å². The molecule has 3 heteroatoms. The Morgan fingerprint density at radius 2 is 2.11 bits per heavy atom. The molecule has 3 rings (SSSR count). The molecule has 0 amide bonds. The van der Waals surface area contributed by atoms with Gasteiger partial charge in [-0.2, -0.15) is 0 Å². The molecule has 0 unspecified atom stereocenters. The zero-order chi connectivity index (χ0) is 13.2. The highest BCUT2D eigenvalue weighted by Crippen LogP contribution is 2.22. The van der Waals surface area contributed by atoms with Gasteiger partial charge in [-0.1, -0.05) is 11.6 Å². The van der Waals surface area contributed by atoms with E-state index >= 15 is 0 Å². The molecule has 3 aromatic rings. The van der Waals surface area contributed by atoms with Gasteiger partial charge in [-0.05, 0) is 37.3 Å². The number of furan rings is 2. The van der Waals surface area contributed by atoms with Crippen molar-refractivity contribution in [1.29, 1.82) is 0 Å². The first-order valence-electron chi connectivity index (χ1n) is 6.28. The van der Waals surface area contributed by atoms with E-state index in [4.69, 9.17) is 8.83 Å². The smallest absolute Gasteiger partial charge is 0.198 e. The van der Waals surface area contributed by atoms with Crippen molar-refractivity contribution in [3.05, 3.63) is 59.7 Å². The second-order valence-electron chi connectivity index (χ2n) is 4.65. The summed E-state index contributed by atoms with van der Waals surface area (Å²) in [4.78, 5) is 12.1. The molecule has 2 aromatic heterocycles. The number of rotatable bonds is 4. The van der Waals surface area contributed by atoms with Crippen molar-refractivity contribution in [2.75, 3.05) is 0 Å². The number of fused-ring (bicyclic) bond motifs is 1. The van der Waals surface area contributed by atoms with E-state index < -0.39 is 0 Å². The minimum absolute atomic E-state index is 0.00486. The van der Waals surface area contributed by atoms with E-state index in [1.54, 1.807) is 6.26 Å². The third-order valence-corrected chi connectivity index (χ3v) is 3.13. The Morgan fingerprint density at radius 1 is 1.21 bits per heavy atom. The molecule has 19 heavy (non-hydrogen) atoms. The van der Waals surface area contributed by atoms with Crippen LogP contribution in [0.15, 0.2) is 51.5 Å². The molecule has 0 aliphatic rings. The lowest BCUT2D eigenvalue weighted by atomic mass is 10.1. The molecule has 0 radical (unpaired) electrons. The van der Waals surface area contributed by atoms with Crippen LogP contribution in [0.3, 0.4) is 0 Å². The first-order chi connectivity index (χ1) is 9.22. The van der Waals surface area contributed by atoms with E-state index in [1.807, 2.05) is 43.3 Å². The standard InChI is InChI=1S/C16H14O3/c1-11-4-7-15-12(9-11)10-16(19-15)14(17)6-5-13-3-2-8-18-13/h2-4,7-10H,5-6H2,1H3. The molecule has 96 valence electrons. The molecule has 0 aliphatic carbocycles.